The van der Waals surface area contributed by atoms with Gasteiger partial charge in [0.15, 0.2) is 0 Å². The topological polar surface area (TPSA) is 59.8 Å². The van der Waals surface area contributed by atoms with E-state index in [9.17, 15) is 9.59 Å². The number of esters is 1. The van der Waals surface area contributed by atoms with E-state index >= 15 is 0 Å². The van der Waals surface area contributed by atoms with Gasteiger partial charge in [-0.1, -0.05) is 0 Å². The summed E-state index contributed by atoms with van der Waals surface area (Å²) in [5.41, 5.74) is 0.873. The van der Waals surface area contributed by atoms with Crippen LogP contribution in [0.5, 0.6) is 0 Å². The molecule has 0 saturated carbocycles. The number of hydrogen-bond acceptors (Lipinski definition) is 4. The smallest absolute Gasteiger partial charge is 0.374 e. The molecule has 0 saturated heterocycles. The van der Waals surface area contributed by atoms with Gasteiger partial charge in [-0.2, -0.15) is 0 Å². The Morgan fingerprint density at radius 1 is 1.53 bits per heavy atom. The van der Waals surface area contributed by atoms with Crippen molar-refractivity contribution in [2.45, 2.75) is 12.8 Å². The molecular formula is C10H11NO4. The van der Waals surface area contributed by atoms with Crippen LogP contribution < -0.4 is 4.90 Å². The summed E-state index contributed by atoms with van der Waals surface area (Å²) >= 11 is 0. The third kappa shape index (κ3) is 1.49. The van der Waals surface area contributed by atoms with Crippen molar-refractivity contribution in [2.24, 2.45) is 0 Å². The zero-order chi connectivity index (χ0) is 11.0. The number of nitrogens with zero attached hydrogens (tertiary/aromatic N) is 1. The number of fused-ring (bicyclic) bond motifs is 1. The number of hydrogen-bond donors (Lipinski definition) is 0. The highest BCUT2D eigenvalue weighted by Gasteiger charge is 2.27. The number of furan rings is 1. The highest BCUT2D eigenvalue weighted by molar-refractivity contribution is 5.96. The van der Waals surface area contributed by atoms with Crippen LogP contribution in [0.3, 0.4) is 0 Å². The number of amides is 1. The normalized spacial score (nSPS) is 15.1. The molecule has 5 nitrogen and oxygen atoms in total. The zero-order valence-corrected chi connectivity index (χ0v) is 8.57. The molecule has 0 unspecified atom stereocenters. The van der Waals surface area contributed by atoms with E-state index in [4.69, 9.17) is 4.42 Å². The van der Waals surface area contributed by atoms with Crippen molar-refractivity contribution < 1.29 is 18.7 Å². The molecule has 1 aromatic rings. The summed E-state index contributed by atoms with van der Waals surface area (Å²) in [6.45, 7) is 0. The molecular weight excluding hydrogens is 198 g/mol. The van der Waals surface area contributed by atoms with E-state index in [0.717, 1.165) is 5.56 Å². The second-order valence-corrected chi connectivity index (χ2v) is 3.39. The first-order valence-corrected chi connectivity index (χ1v) is 4.61. The molecule has 1 aliphatic heterocycles. The van der Waals surface area contributed by atoms with Gasteiger partial charge in [0, 0.05) is 19.0 Å². The molecule has 5 heteroatoms. The molecule has 0 fully saturated rings. The molecule has 80 valence electrons. The summed E-state index contributed by atoms with van der Waals surface area (Å²) in [6, 6.07) is 1.63. The monoisotopic (exact) mass is 209 g/mol. The van der Waals surface area contributed by atoms with Crippen molar-refractivity contribution >= 4 is 17.8 Å². The number of ether oxygens (including phenoxy) is 1. The lowest BCUT2D eigenvalue weighted by molar-refractivity contribution is -0.118. The summed E-state index contributed by atoms with van der Waals surface area (Å²) in [4.78, 5) is 24.0. The number of anilines is 1. The average Bonchev–Trinajstić information content (AvgIpc) is 2.67. The number of rotatable bonds is 1. The van der Waals surface area contributed by atoms with Gasteiger partial charge in [0.25, 0.3) is 0 Å². The van der Waals surface area contributed by atoms with Gasteiger partial charge in [-0.25, -0.2) is 4.79 Å². The molecule has 0 aliphatic carbocycles. The van der Waals surface area contributed by atoms with Gasteiger partial charge in [-0.15, -0.1) is 0 Å². The first-order chi connectivity index (χ1) is 7.13. The van der Waals surface area contributed by atoms with Crippen molar-refractivity contribution in [1.29, 1.82) is 0 Å². The van der Waals surface area contributed by atoms with E-state index in [0.29, 0.717) is 18.7 Å². The average molecular weight is 209 g/mol. The van der Waals surface area contributed by atoms with Crippen LogP contribution in [-0.2, 0) is 16.0 Å². The molecule has 0 spiro atoms. The van der Waals surface area contributed by atoms with Gasteiger partial charge < -0.3 is 9.15 Å². The summed E-state index contributed by atoms with van der Waals surface area (Å²) in [5.74, 6) is 0.0641. The number of carbonyl (C=O) groups excluding carboxylic acids is 2. The minimum absolute atomic E-state index is 0.00624. The molecule has 2 heterocycles. The van der Waals surface area contributed by atoms with Crippen molar-refractivity contribution in [2.75, 3.05) is 19.1 Å². The Bertz CT molecular complexity index is 421. The van der Waals surface area contributed by atoms with Crippen LogP contribution in [0.25, 0.3) is 0 Å². The molecule has 0 radical (unpaired) electrons. The van der Waals surface area contributed by atoms with Crippen molar-refractivity contribution in [3.05, 3.63) is 17.4 Å². The highest BCUT2D eigenvalue weighted by atomic mass is 16.5. The number of carbonyl (C=O) groups is 2. The van der Waals surface area contributed by atoms with Crippen LogP contribution in [0, 0.1) is 0 Å². The fraction of sp³-hybridized carbons (Fsp3) is 0.400. The second-order valence-electron chi connectivity index (χ2n) is 3.39. The van der Waals surface area contributed by atoms with Gasteiger partial charge in [-0.3, -0.25) is 9.69 Å². The van der Waals surface area contributed by atoms with E-state index < -0.39 is 5.97 Å². The van der Waals surface area contributed by atoms with Gasteiger partial charge in [0.1, 0.15) is 0 Å². The molecule has 0 aromatic carbocycles. The summed E-state index contributed by atoms with van der Waals surface area (Å²) < 4.78 is 9.81. The fourth-order valence-corrected chi connectivity index (χ4v) is 1.61. The molecule has 1 aromatic heterocycles. The molecule has 1 aliphatic rings. The van der Waals surface area contributed by atoms with Gasteiger partial charge >= 0.3 is 5.97 Å². The van der Waals surface area contributed by atoms with Gasteiger partial charge in [-0.05, 0) is 12.5 Å². The predicted octanol–water partition coefficient (Wildman–Crippen LogP) is 0.975. The largest absolute Gasteiger partial charge is 0.463 e. The van der Waals surface area contributed by atoms with E-state index in [1.807, 2.05) is 0 Å². The Morgan fingerprint density at radius 3 is 2.93 bits per heavy atom. The molecule has 1 amide bonds. The third-order valence-electron chi connectivity index (χ3n) is 2.46. The second kappa shape index (κ2) is 3.42. The molecule has 0 atom stereocenters. The Morgan fingerprint density at radius 2 is 2.27 bits per heavy atom. The summed E-state index contributed by atoms with van der Waals surface area (Å²) in [6.07, 6.45) is 1.06. The lowest BCUT2D eigenvalue weighted by Gasteiger charge is -2.20. The summed E-state index contributed by atoms with van der Waals surface area (Å²) in [5, 5.41) is 0. The molecule has 2 rings (SSSR count). The fourth-order valence-electron chi connectivity index (χ4n) is 1.61. The SMILES string of the molecule is COC(=O)c1cc2c(o1)N(C)C(=O)CC2. The molecule has 15 heavy (non-hydrogen) atoms. The minimum Gasteiger partial charge on any atom is -0.463 e. The van der Waals surface area contributed by atoms with Crippen molar-refractivity contribution in [3.63, 3.8) is 0 Å². The van der Waals surface area contributed by atoms with Gasteiger partial charge in [0.2, 0.25) is 17.6 Å². The molecule has 0 N–H and O–H groups in total. The lowest BCUT2D eigenvalue weighted by atomic mass is 10.1. The van der Waals surface area contributed by atoms with E-state index in [1.165, 1.54) is 12.0 Å². The van der Waals surface area contributed by atoms with Gasteiger partial charge in [0.05, 0.1) is 7.11 Å². The number of methoxy groups -OCH3 is 1. The Balaban J connectivity index is 2.39. The van der Waals surface area contributed by atoms with Crippen molar-refractivity contribution in [3.8, 4) is 0 Å². The van der Waals surface area contributed by atoms with Crippen LogP contribution >= 0.6 is 0 Å². The summed E-state index contributed by atoms with van der Waals surface area (Å²) in [7, 11) is 2.92. The third-order valence-corrected chi connectivity index (χ3v) is 2.46. The first kappa shape index (κ1) is 9.76. The van der Waals surface area contributed by atoms with Crippen LogP contribution in [0.2, 0.25) is 0 Å². The Kier molecular flexibility index (Phi) is 2.22. The van der Waals surface area contributed by atoms with Crippen LogP contribution in [0.15, 0.2) is 10.5 Å². The predicted molar refractivity (Wildman–Crippen MR) is 51.8 cm³/mol. The minimum atomic E-state index is -0.523. The maximum Gasteiger partial charge on any atom is 0.374 e. The Labute approximate surface area is 86.6 Å². The quantitative estimate of drug-likeness (QED) is 0.647. The Hall–Kier alpha value is -1.78. The first-order valence-electron chi connectivity index (χ1n) is 4.61. The molecule has 0 bridgehead atoms. The van der Waals surface area contributed by atoms with Crippen molar-refractivity contribution in [1.82, 2.24) is 0 Å². The number of aryl methyl sites for hydroxylation is 1. The van der Waals surface area contributed by atoms with E-state index in [1.54, 1.807) is 13.1 Å². The van der Waals surface area contributed by atoms with Crippen LogP contribution in [0.1, 0.15) is 22.5 Å². The highest BCUT2D eigenvalue weighted by Crippen LogP contribution is 2.30. The lowest BCUT2D eigenvalue weighted by Crippen LogP contribution is -2.30. The van der Waals surface area contributed by atoms with E-state index in [-0.39, 0.29) is 11.7 Å². The zero-order valence-electron chi connectivity index (χ0n) is 8.57. The standard InChI is InChI=1S/C10H11NO4/c1-11-8(12)4-3-6-5-7(10(13)14-2)15-9(6)11/h5H,3-4H2,1-2H3. The van der Waals surface area contributed by atoms with Crippen LogP contribution in [-0.4, -0.2) is 26.0 Å². The maximum absolute atomic E-state index is 11.4. The maximum atomic E-state index is 11.4. The van der Waals surface area contributed by atoms with Crippen LogP contribution in [0.4, 0.5) is 5.88 Å². The van der Waals surface area contributed by atoms with E-state index in [2.05, 4.69) is 4.74 Å².